The summed E-state index contributed by atoms with van der Waals surface area (Å²) in [5.41, 5.74) is 5.19. The SMILES string of the molecule is O=C(CN(C1CC1)C1CCc2ccccc21)Nc1cccc2nsnc12. The largest absolute Gasteiger partial charge is 0.323 e. The van der Waals surface area contributed by atoms with Crippen LogP contribution in [0.2, 0.25) is 0 Å². The third-order valence-corrected chi connectivity index (χ3v) is 5.95. The zero-order chi connectivity index (χ0) is 17.5. The fourth-order valence-electron chi connectivity index (χ4n) is 4.04. The van der Waals surface area contributed by atoms with Crippen molar-refractivity contribution in [2.75, 3.05) is 11.9 Å². The molecule has 1 aromatic heterocycles. The van der Waals surface area contributed by atoms with Crippen LogP contribution in [0.1, 0.15) is 36.4 Å². The molecule has 5 nitrogen and oxygen atoms in total. The number of rotatable bonds is 5. The molecular weight excluding hydrogens is 344 g/mol. The van der Waals surface area contributed by atoms with Crippen LogP contribution in [0.3, 0.4) is 0 Å². The van der Waals surface area contributed by atoms with Gasteiger partial charge in [0.2, 0.25) is 5.91 Å². The van der Waals surface area contributed by atoms with Crippen molar-refractivity contribution < 1.29 is 4.79 Å². The number of fused-ring (bicyclic) bond motifs is 2. The topological polar surface area (TPSA) is 58.1 Å². The van der Waals surface area contributed by atoms with E-state index in [1.54, 1.807) is 0 Å². The lowest BCUT2D eigenvalue weighted by Crippen LogP contribution is -2.37. The van der Waals surface area contributed by atoms with E-state index >= 15 is 0 Å². The van der Waals surface area contributed by atoms with Crippen LogP contribution >= 0.6 is 11.7 Å². The Labute approximate surface area is 156 Å². The van der Waals surface area contributed by atoms with E-state index in [0.29, 0.717) is 18.6 Å². The summed E-state index contributed by atoms with van der Waals surface area (Å²) in [5.74, 6) is 0.0294. The number of nitrogens with zero attached hydrogens (tertiary/aromatic N) is 3. The lowest BCUT2D eigenvalue weighted by atomic mass is 10.1. The van der Waals surface area contributed by atoms with E-state index in [9.17, 15) is 4.79 Å². The molecule has 1 amide bonds. The van der Waals surface area contributed by atoms with Crippen LogP contribution in [-0.2, 0) is 11.2 Å². The summed E-state index contributed by atoms with van der Waals surface area (Å²) in [6.07, 6.45) is 4.60. The van der Waals surface area contributed by atoms with Crippen LogP contribution < -0.4 is 5.32 Å². The minimum Gasteiger partial charge on any atom is -0.323 e. The number of hydrogen-bond donors (Lipinski definition) is 1. The molecule has 2 aliphatic rings. The molecule has 6 heteroatoms. The highest BCUT2D eigenvalue weighted by Crippen LogP contribution is 2.41. The maximum Gasteiger partial charge on any atom is 0.238 e. The van der Waals surface area contributed by atoms with Crippen molar-refractivity contribution in [3.63, 3.8) is 0 Å². The van der Waals surface area contributed by atoms with Crippen molar-refractivity contribution >= 4 is 34.4 Å². The molecule has 0 spiro atoms. The maximum atomic E-state index is 12.8. The van der Waals surface area contributed by atoms with Crippen LogP contribution in [0.5, 0.6) is 0 Å². The minimum absolute atomic E-state index is 0.0294. The molecule has 1 heterocycles. The number of aromatic nitrogens is 2. The van der Waals surface area contributed by atoms with Crippen LogP contribution in [0.4, 0.5) is 5.69 Å². The zero-order valence-electron chi connectivity index (χ0n) is 14.4. The summed E-state index contributed by atoms with van der Waals surface area (Å²) in [6.45, 7) is 0.428. The van der Waals surface area contributed by atoms with Crippen LogP contribution in [-0.4, -0.2) is 32.1 Å². The van der Waals surface area contributed by atoms with Gasteiger partial charge in [0.05, 0.1) is 24.0 Å². The van der Waals surface area contributed by atoms with Crippen molar-refractivity contribution in [3.05, 3.63) is 53.6 Å². The van der Waals surface area contributed by atoms with Gasteiger partial charge in [-0.3, -0.25) is 9.69 Å². The van der Waals surface area contributed by atoms with Gasteiger partial charge in [-0.25, -0.2) is 0 Å². The molecule has 0 bridgehead atoms. The zero-order valence-corrected chi connectivity index (χ0v) is 15.2. The summed E-state index contributed by atoms with van der Waals surface area (Å²) in [7, 11) is 0. The molecule has 2 aliphatic carbocycles. The molecule has 1 atom stereocenters. The van der Waals surface area contributed by atoms with E-state index in [-0.39, 0.29) is 5.91 Å². The highest BCUT2D eigenvalue weighted by Gasteiger charge is 2.38. The quantitative estimate of drug-likeness (QED) is 0.748. The smallest absolute Gasteiger partial charge is 0.238 e. The molecule has 5 rings (SSSR count). The van der Waals surface area contributed by atoms with E-state index < -0.39 is 0 Å². The molecule has 26 heavy (non-hydrogen) atoms. The average molecular weight is 364 g/mol. The van der Waals surface area contributed by atoms with Gasteiger partial charge in [0, 0.05) is 12.1 Å². The Hall–Kier alpha value is -2.31. The Balaban J connectivity index is 1.35. The monoisotopic (exact) mass is 364 g/mol. The fraction of sp³-hybridized carbons (Fsp3) is 0.350. The number of carbonyl (C=O) groups is 1. The lowest BCUT2D eigenvalue weighted by molar-refractivity contribution is -0.118. The highest BCUT2D eigenvalue weighted by molar-refractivity contribution is 7.00. The van der Waals surface area contributed by atoms with E-state index in [2.05, 4.69) is 43.2 Å². The normalized spacial score (nSPS) is 19.0. The number of amides is 1. The van der Waals surface area contributed by atoms with Gasteiger partial charge in [0.15, 0.2) is 0 Å². The van der Waals surface area contributed by atoms with Gasteiger partial charge in [0.25, 0.3) is 0 Å². The molecule has 2 aromatic carbocycles. The van der Waals surface area contributed by atoms with Crippen LogP contribution in [0.25, 0.3) is 11.0 Å². The Bertz CT molecular complexity index is 965. The summed E-state index contributed by atoms with van der Waals surface area (Å²) >= 11 is 1.17. The summed E-state index contributed by atoms with van der Waals surface area (Å²) in [6, 6.07) is 15.3. The minimum atomic E-state index is 0.0294. The van der Waals surface area contributed by atoms with Gasteiger partial charge in [0.1, 0.15) is 11.0 Å². The number of carbonyl (C=O) groups excluding carboxylic acids is 1. The van der Waals surface area contributed by atoms with Gasteiger partial charge < -0.3 is 5.32 Å². The van der Waals surface area contributed by atoms with Crippen molar-refractivity contribution in [2.24, 2.45) is 0 Å². The predicted octanol–water partition coefficient (Wildman–Crippen LogP) is 3.78. The summed E-state index contributed by atoms with van der Waals surface area (Å²) in [4.78, 5) is 15.2. The van der Waals surface area contributed by atoms with Crippen molar-refractivity contribution in [1.82, 2.24) is 13.6 Å². The van der Waals surface area contributed by atoms with Crippen molar-refractivity contribution in [2.45, 2.75) is 37.8 Å². The van der Waals surface area contributed by atoms with Gasteiger partial charge in [-0.05, 0) is 48.9 Å². The summed E-state index contributed by atoms with van der Waals surface area (Å²) < 4.78 is 8.55. The highest BCUT2D eigenvalue weighted by atomic mass is 32.1. The number of aryl methyl sites for hydroxylation is 1. The molecule has 1 saturated carbocycles. The third-order valence-electron chi connectivity index (χ3n) is 5.40. The molecule has 0 radical (unpaired) electrons. The maximum absolute atomic E-state index is 12.8. The second kappa shape index (κ2) is 6.45. The van der Waals surface area contributed by atoms with E-state index in [1.165, 1.54) is 35.7 Å². The van der Waals surface area contributed by atoms with Crippen LogP contribution in [0, 0.1) is 0 Å². The number of benzene rings is 2. The van der Waals surface area contributed by atoms with Crippen LogP contribution in [0.15, 0.2) is 42.5 Å². The molecule has 0 aliphatic heterocycles. The molecule has 1 N–H and O–H groups in total. The first-order valence-corrected chi connectivity index (χ1v) is 9.87. The number of anilines is 1. The van der Waals surface area contributed by atoms with Crippen molar-refractivity contribution in [1.29, 1.82) is 0 Å². The first-order chi connectivity index (χ1) is 12.8. The first-order valence-electron chi connectivity index (χ1n) is 9.14. The van der Waals surface area contributed by atoms with Gasteiger partial charge in [-0.1, -0.05) is 30.3 Å². The molecule has 3 aromatic rings. The van der Waals surface area contributed by atoms with Gasteiger partial charge >= 0.3 is 0 Å². The van der Waals surface area contributed by atoms with Gasteiger partial charge in [-0.2, -0.15) is 8.75 Å². The Morgan fingerprint density at radius 3 is 2.88 bits per heavy atom. The number of hydrogen-bond acceptors (Lipinski definition) is 5. The second-order valence-corrected chi connectivity index (χ2v) is 7.67. The average Bonchev–Trinajstić information content (AvgIpc) is 3.22. The third kappa shape index (κ3) is 2.89. The Morgan fingerprint density at radius 2 is 2.00 bits per heavy atom. The molecular formula is C20H20N4OS. The van der Waals surface area contributed by atoms with E-state index in [0.717, 1.165) is 29.6 Å². The second-order valence-electron chi connectivity index (χ2n) is 7.14. The Morgan fingerprint density at radius 1 is 1.12 bits per heavy atom. The summed E-state index contributed by atoms with van der Waals surface area (Å²) in [5, 5.41) is 3.06. The fourth-order valence-corrected chi connectivity index (χ4v) is 4.59. The molecule has 1 fully saturated rings. The van der Waals surface area contributed by atoms with Gasteiger partial charge in [-0.15, -0.1) is 0 Å². The van der Waals surface area contributed by atoms with Crippen molar-refractivity contribution in [3.8, 4) is 0 Å². The molecule has 0 saturated heterocycles. The Kier molecular flexibility index (Phi) is 3.94. The standard InChI is InChI=1S/C20H20N4OS/c25-19(21-16-6-3-7-17-20(16)23-26-22-17)12-24(14-9-10-14)18-11-8-13-4-1-2-5-15(13)18/h1-7,14,18H,8-12H2,(H,21,25). The molecule has 132 valence electrons. The van der Waals surface area contributed by atoms with E-state index in [1.807, 2.05) is 18.2 Å². The first kappa shape index (κ1) is 15.9. The molecule has 1 unspecified atom stereocenters. The lowest BCUT2D eigenvalue weighted by Gasteiger charge is -2.29. The number of nitrogens with one attached hydrogen (secondary N) is 1. The predicted molar refractivity (Wildman–Crippen MR) is 103 cm³/mol. The van der Waals surface area contributed by atoms with E-state index in [4.69, 9.17) is 0 Å².